The summed E-state index contributed by atoms with van der Waals surface area (Å²) >= 11 is 0. The first-order valence-corrected chi connectivity index (χ1v) is 4.02. The molecule has 0 amide bonds. The molecule has 0 saturated carbocycles. The first-order valence-electron chi connectivity index (χ1n) is 4.02. The number of hydrogen-bond donors (Lipinski definition) is 0. The predicted molar refractivity (Wildman–Crippen MR) is 42.2 cm³/mol. The molecule has 0 N–H and O–H groups in total. The van der Waals surface area contributed by atoms with E-state index in [-0.39, 0.29) is 11.2 Å². The van der Waals surface area contributed by atoms with Gasteiger partial charge in [-0.15, -0.1) is 0 Å². The monoisotopic (exact) mass is 154 g/mol. The lowest BCUT2D eigenvalue weighted by molar-refractivity contribution is -0.230. The van der Waals surface area contributed by atoms with Gasteiger partial charge in [-0.05, 0) is 18.6 Å². The Morgan fingerprint density at radius 1 is 1.27 bits per heavy atom. The molecular formula is C9H14O2. The van der Waals surface area contributed by atoms with Gasteiger partial charge in [0.2, 0.25) is 5.79 Å². The molecule has 2 heteroatoms. The van der Waals surface area contributed by atoms with Gasteiger partial charge in [-0.1, -0.05) is 13.8 Å². The molecule has 0 bridgehead atoms. The third-order valence-electron chi connectivity index (χ3n) is 2.23. The minimum Gasteiger partial charge on any atom is -0.342 e. The van der Waals surface area contributed by atoms with Crippen LogP contribution in [0.3, 0.4) is 0 Å². The highest BCUT2D eigenvalue weighted by Crippen LogP contribution is 2.44. The maximum atomic E-state index is 5.59. The van der Waals surface area contributed by atoms with Gasteiger partial charge in [-0.25, -0.2) is 0 Å². The van der Waals surface area contributed by atoms with Crippen molar-refractivity contribution in [2.75, 3.05) is 13.2 Å². The first kappa shape index (κ1) is 7.32. The zero-order chi connectivity index (χ0) is 8.11. The van der Waals surface area contributed by atoms with E-state index in [1.807, 2.05) is 13.0 Å². The summed E-state index contributed by atoms with van der Waals surface area (Å²) in [6.07, 6.45) is 2.03. The lowest BCUT2D eigenvalue weighted by Gasteiger charge is -2.35. The summed E-state index contributed by atoms with van der Waals surface area (Å²) in [5, 5.41) is 0. The standard InChI is InChI=1S/C9H14O2/c1-7-4-9(7)10-5-8(2,3)6-11-9/h4H,5-6H2,1-3H3. The van der Waals surface area contributed by atoms with E-state index < -0.39 is 0 Å². The van der Waals surface area contributed by atoms with Crippen LogP contribution in [0.2, 0.25) is 0 Å². The highest BCUT2D eigenvalue weighted by molar-refractivity contribution is 5.37. The third kappa shape index (κ3) is 1.10. The fraction of sp³-hybridized carbons (Fsp3) is 0.778. The molecule has 2 nitrogen and oxygen atoms in total. The Balaban J connectivity index is 1.97. The maximum absolute atomic E-state index is 5.59. The van der Waals surface area contributed by atoms with Crippen molar-refractivity contribution in [1.82, 2.24) is 0 Å². The summed E-state index contributed by atoms with van der Waals surface area (Å²) in [5.41, 5.74) is 1.40. The van der Waals surface area contributed by atoms with Gasteiger partial charge < -0.3 is 9.47 Å². The predicted octanol–water partition coefficient (Wildman–Crippen LogP) is 1.72. The molecule has 1 aliphatic carbocycles. The topological polar surface area (TPSA) is 18.5 Å². The van der Waals surface area contributed by atoms with Crippen molar-refractivity contribution < 1.29 is 9.47 Å². The Morgan fingerprint density at radius 3 is 2.09 bits per heavy atom. The van der Waals surface area contributed by atoms with E-state index in [4.69, 9.17) is 9.47 Å². The molecule has 11 heavy (non-hydrogen) atoms. The molecule has 0 atom stereocenters. The minimum absolute atomic E-state index is 0.183. The Morgan fingerprint density at radius 2 is 1.73 bits per heavy atom. The lowest BCUT2D eigenvalue weighted by atomic mass is 9.95. The van der Waals surface area contributed by atoms with Crippen LogP contribution in [-0.4, -0.2) is 19.0 Å². The second-order valence-corrected chi connectivity index (χ2v) is 4.24. The minimum atomic E-state index is -0.366. The molecule has 1 spiro atoms. The van der Waals surface area contributed by atoms with E-state index in [0.29, 0.717) is 0 Å². The summed E-state index contributed by atoms with van der Waals surface area (Å²) in [6.45, 7) is 7.93. The van der Waals surface area contributed by atoms with E-state index in [1.54, 1.807) is 0 Å². The van der Waals surface area contributed by atoms with Crippen LogP contribution in [0, 0.1) is 5.41 Å². The molecule has 0 aromatic carbocycles. The Hall–Kier alpha value is -0.340. The van der Waals surface area contributed by atoms with Crippen LogP contribution in [-0.2, 0) is 9.47 Å². The second-order valence-electron chi connectivity index (χ2n) is 4.24. The van der Waals surface area contributed by atoms with Gasteiger partial charge >= 0.3 is 0 Å². The number of rotatable bonds is 0. The van der Waals surface area contributed by atoms with Crippen LogP contribution in [0.5, 0.6) is 0 Å². The van der Waals surface area contributed by atoms with E-state index in [9.17, 15) is 0 Å². The third-order valence-corrected chi connectivity index (χ3v) is 2.23. The molecule has 1 saturated heterocycles. The van der Waals surface area contributed by atoms with Crippen LogP contribution in [0.1, 0.15) is 20.8 Å². The fourth-order valence-corrected chi connectivity index (χ4v) is 1.25. The molecule has 2 aliphatic rings. The molecule has 1 aliphatic heterocycles. The van der Waals surface area contributed by atoms with E-state index in [1.165, 1.54) is 5.57 Å². The molecule has 1 fully saturated rings. The SMILES string of the molecule is CC1=CC12OCC(C)(C)CO2. The fourth-order valence-electron chi connectivity index (χ4n) is 1.25. The summed E-state index contributed by atoms with van der Waals surface area (Å²) in [7, 11) is 0. The summed E-state index contributed by atoms with van der Waals surface area (Å²) in [4.78, 5) is 0. The van der Waals surface area contributed by atoms with Gasteiger partial charge in [0.15, 0.2) is 0 Å². The van der Waals surface area contributed by atoms with Crippen LogP contribution in [0.15, 0.2) is 11.6 Å². The van der Waals surface area contributed by atoms with Crippen molar-refractivity contribution in [3.63, 3.8) is 0 Å². The Labute approximate surface area is 67.2 Å². The van der Waals surface area contributed by atoms with E-state index in [2.05, 4.69) is 13.8 Å². The van der Waals surface area contributed by atoms with Gasteiger partial charge in [0.05, 0.1) is 13.2 Å². The zero-order valence-corrected chi connectivity index (χ0v) is 7.31. The van der Waals surface area contributed by atoms with Crippen molar-refractivity contribution in [1.29, 1.82) is 0 Å². The molecule has 0 aromatic heterocycles. The molecule has 0 radical (unpaired) electrons. The smallest absolute Gasteiger partial charge is 0.211 e. The summed E-state index contributed by atoms with van der Waals surface area (Å²) in [5.74, 6) is -0.366. The van der Waals surface area contributed by atoms with Gasteiger partial charge in [0.1, 0.15) is 0 Å². The highest BCUT2D eigenvalue weighted by atomic mass is 16.7. The Bertz CT molecular complexity index is 206. The summed E-state index contributed by atoms with van der Waals surface area (Å²) in [6, 6.07) is 0. The van der Waals surface area contributed by atoms with Crippen molar-refractivity contribution in [2.24, 2.45) is 5.41 Å². The molecule has 1 heterocycles. The molecule has 0 aromatic rings. The van der Waals surface area contributed by atoms with Gasteiger partial charge in [-0.3, -0.25) is 0 Å². The lowest BCUT2D eigenvalue weighted by Crippen LogP contribution is -2.40. The zero-order valence-electron chi connectivity index (χ0n) is 7.31. The van der Waals surface area contributed by atoms with Crippen LogP contribution in [0.25, 0.3) is 0 Å². The average Bonchev–Trinajstić information content (AvgIpc) is 2.54. The average molecular weight is 154 g/mol. The second kappa shape index (κ2) is 1.87. The largest absolute Gasteiger partial charge is 0.342 e. The van der Waals surface area contributed by atoms with Gasteiger partial charge in [0, 0.05) is 5.41 Å². The molecule has 62 valence electrons. The first-order chi connectivity index (χ1) is 5.04. The van der Waals surface area contributed by atoms with E-state index >= 15 is 0 Å². The normalized spacial score (nSPS) is 31.7. The number of hydrogen-bond acceptors (Lipinski definition) is 2. The number of ether oxygens (including phenoxy) is 2. The van der Waals surface area contributed by atoms with Crippen molar-refractivity contribution in [3.8, 4) is 0 Å². The summed E-state index contributed by atoms with van der Waals surface area (Å²) < 4.78 is 11.2. The van der Waals surface area contributed by atoms with Crippen molar-refractivity contribution in [2.45, 2.75) is 26.6 Å². The molecule has 2 rings (SSSR count). The molecule has 0 unspecified atom stereocenters. The van der Waals surface area contributed by atoms with E-state index in [0.717, 1.165) is 13.2 Å². The Kier molecular flexibility index (Phi) is 1.25. The van der Waals surface area contributed by atoms with Gasteiger partial charge in [0.25, 0.3) is 0 Å². The van der Waals surface area contributed by atoms with Crippen molar-refractivity contribution in [3.05, 3.63) is 11.6 Å². The quantitative estimate of drug-likeness (QED) is 0.494. The van der Waals surface area contributed by atoms with Gasteiger partial charge in [-0.2, -0.15) is 0 Å². The van der Waals surface area contributed by atoms with Crippen LogP contribution >= 0.6 is 0 Å². The van der Waals surface area contributed by atoms with Crippen LogP contribution in [0.4, 0.5) is 0 Å². The molecular weight excluding hydrogens is 140 g/mol. The van der Waals surface area contributed by atoms with Crippen molar-refractivity contribution >= 4 is 0 Å². The van der Waals surface area contributed by atoms with Crippen LogP contribution < -0.4 is 0 Å². The highest BCUT2D eigenvalue weighted by Gasteiger charge is 2.48. The maximum Gasteiger partial charge on any atom is 0.211 e.